The minimum absolute atomic E-state index is 1.07. The number of unbranched alkanes of at least 4 members (excludes halogenated alkanes) is 2. The fourth-order valence-electron chi connectivity index (χ4n) is 4.31. The number of H-pyrrole nitrogens is 2. The zero-order valence-electron chi connectivity index (χ0n) is 15.4. The molecule has 5 heteroatoms. The van der Waals surface area contributed by atoms with Crippen LogP contribution in [0.2, 0.25) is 0 Å². The number of fused-ring (bicyclic) bond motifs is 6. The van der Waals surface area contributed by atoms with Gasteiger partial charge in [-0.15, -0.1) is 0 Å². The highest BCUT2D eigenvalue weighted by Crippen LogP contribution is 2.44. The van der Waals surface area contributed by atoms with Crippen LogP contribution in [-0.4, -0.2) is 9.97 Å². The van der Waals surface area contributed by atoms with Crippen molar-refractivity contribution in [2.75, 3.05) is 0 Å². The zero-order valence-corrected chi connectivity index (χ0v) is 20.2. The lowest BCUT2D eigenvalue weighted by Gasteiger charge is -2.09. The van der Waals surface area contributed by atoms with Crippen LogP contribution in [-0.2, 0) is 6.42 Å². The van der Waals surface area contributed by atoms with Crippen molar-refractivity contribution in [3.63, 3.8) is 0 Å². The average molecular weight is 563 g/mol. The molecule has 0 fully saturated rings. The van der Waals surface area contributed by atoms with Crippen LogP contribution in [0.5, 0.6) is 0 Å². The number of hydrogen-bond acceptors (Lipinski definition) is 0. The molecular formula is C23H19Br3N2. The van der Waals surface area contributed by atoms with Crippen molar-refractivity contribution in [1.29, 1.82) is 0 Å². The van der Waals surface area contributed by atoms with Crippen LogP contribution in [0.3, 0.4) is 0 Å². The molecule has 0 radical (unpaired) electrons. The standard InChI is InChI=1S/C23H19Br3N2/c1-2-3-4-5-14-19-15-10-12(24)6-8-17(15)28-23(19)21(26)20-16-11-13(25)7-9-18(16)27-22(14)20/h6-11,27-28H,2-5H2,1H3. The largest absolute Gasteiger partial charge is 0.354 e. The monoisotopic (exact) mass is 560 g/mol. The highest BCUT2D eigenvalue weighted by Gasteiger charge is 2.20. The molecule has 0 spiro atoms. The first-order chi connectivity index (χ1) is 13.6. The van der Waals surface area contributed by atoms with Crippen LogP contribution in [0.25, 0.3) is 43.6 Å². The number of nitrogens with one attached hydrogen (secondary N) is 2. The van der Waals surface area contributed by atoms with Gasteiger partial charge in [0.25, 0.3) is 0 Å². The Morgan fingerprint density at radius 1 is 0.750 bits per heavy atom. The summed E-state index contributed by atoms with van der Waals surface area (Å²) in [5.41, 5.74) is 6.21. The number of hydrogen-bond donors (Lipinski definition) is 2. The average Bonchev–Trinajstić information content (AvgIpc) is 3.23. The second kappa shape index (κ2) is 7.19. The Hall–Kier alpha value is -1.30. The van der Waals surface area contributed by atoms with Gasteiger partial charge < -0.3 is 9.97 Å². The molecule has 0 saturated heterocycles. The zero-order chi connectivity index (χ0) is 19.4. The predicted octanol–water partition coefficient (Wildman–Crippen LogP) is 8.98. The molecule has 0 amide bonds. The fourth-order valence-corrected chi connectivity index (χ4v) is 5.74. The summed E-state index contributed by atoms with van der Waals surface area (Å²) in [4.78, 5) is 7.40. The number of aromatic nitrogens is 2. The van der Waals surface area contributed by atoms with E-state index < -0.39 is 0 Å². The highest BCUT2D eigenvalue weighted by molar-refractivity contribution is 9.11. The molecule has 0 unspecified atom stereocenters. The van der Waals surface area contributed by atoms with Gasteiger partial charge in [0.15, 0.2) is 0 Å². The minimum atomic E-state index is 1.07. The first-order valence-corrected chi connectivity index (χ1v) is 12.0. The van der Waals surface area contributed by atoms with Crippen LogP contribution in [0, 0.1) is 0 Å². The molecule has 2 heterocycles. The molecule has 0 bridgehead atoms. The summed E-state index contributed by atoms with van der Waals surface area (Å²) in [6.07, 6.45) is 4.74. The molecule has 0 saturated carbocycles. The minimum Gasteiger partial charge on any atom is -0.354 e. The van der Waals surface area contributed by atoms with E-state index in [4.69, 9.17) is 0 Å². The van der Waals surface area contributed by atoms with Gasteiger partial charge in [0.1, 0.15) is 0 Å². The molecule has 142 valence electrons. The van der Waals surface area contributed by atoms with Gasteiger partial charge in [0.05, 0.1) is 15.5 Å². The number of aryl methyl sites for hydroxylation is 1. The van der Waals surface area contributed by atoms with Crippen molar-refractivity contribution < 1.29 is 0 Å². The fraction of sp³-hybridized carbons (Fsp3) is 0.217. The van der Waals surface area contributed by atoms with Gasteiger partial charge in [-0.25, -0.2) is 0 Å². The summed E-state index contributed by atoms with van der Waals surface area (Å²) in [7, 11) is 0. The normalized spacial score (nSPS) is 12.1. The van der Waals surface area contributed by atoms with Gasteiger partial charge in [-0.2, -0.15) is 0 Å². The molecule has 28 heavy (non-hydrogen) atoms. The summed E-state index contributed by atoms with van der Waals surface area (Å²) in [6.45, 7) is 2.26. The van der Waals surface area contributed by atoms with E-state index >= 15 is 0 Å². The Balaban J connectivity index is 1.97. The van der Waals surface area contributed by atoms with E-state index in [2.05, 4.69) is 101 Å². The third kappa shape index (κ3) is 2.86. The molecule has 0 aliphatic carbocycles. The van der Waals surface area contributed by atoms with E-state index in [9.17, 15) is 0 Å². The Bertz CT molecular complexity index is 1360. The Kier molecular flexibility index (Phi) is 4.80. The van der Waals surface area contributed by atoms with Crippen LogP contribution in [0.4, 0.5) is 0 Å². The van der Waals surface area contributed by atoms with E-state index in [0.29, 0.717) is 0 Å². The summed E-state index contributed by atoms with van der Waals surface area (Å²) in [6, 6.07) is 13.0. The molecule has 2 aromatic heterocycles. The molecule has 5 aromatic rings. The van der Waals surface area contributed by atoms with Crippen molar-refractivity contribution in [3.05, 3.63) is 55.4 Å². The lowest BCUT2D eigenvalue weighted by Crippen LogP contribution is -1.91. The van der Waals surface area contributed by atoms with Crippen LogP contribution >= 0.6 is 47.8 Å². The number of benzene rings is 3. The maximum Gasteiger partial charge on any atom is 0.0620 e. The highest BCUT2D eigenvalue weighted by atomic mass is 79.9. The van der Waals surface area contributed by atoms with E-state index in [1.165, 1.54) is 68.4 Å². The van der Waals surface area contributed by atoms with Crippen molar-refractivity contribution in [1.82, 2.24) is 9.97 Å². The van der Waals surface area contributed by atoms with Gasteiger partial charge in [0.2, 0.25) is 0 Å². The van der Waals surface area contributed by atoms with Gasteiger partial charge >= 0.3 is 0 Å². The molecule has 0 aliphatic rings. The van der Waals surface area contributed by atoms with Gasteiger partial charge in [-0.05, 0) is 70.7 Å². The van der Waals surface area contributed by atoms with E-state index in [0.717, 1.165) is 19.8 Å². The second-order valence-corrected chi connectivity index (χ2v) is 10.0. The quantitative estimate of drug-likeness (QED) is 0.205. The number of aromatic amines is 2. The van der Waals surface area contributed by atoms with E-state index in [1.54, 1.807) is 0 Å². The van der Waals surface area contributed by atoms with E-state index in [1.807, 2.05) is 0 Å². The molecule has 3 aromatic carbocycles. The Morgan fingerprint density at radius 3 is 2.00 bits per heavy atom. The Morgan fingerprint density at radius 2 is 1.36 bits per heavy atom. The van der Waals surface area contributed by atoms with Crippen LogP contribution in [0.1, 0.15) is 31.7 Å². The van der Waals surface area contributed by atoms with Crippen LogP contribution < -0.4 is 0 Å². The second-order valence-electron chi connectivity index (χ2n) is 7.38. The van der Waals surface area contributed by atoms with Crippen LogP contribution in [0.15, 0.2) is 49.8 Å². The van der Waals surface area contributed by atoms with E-state index in [-0.39, 0.29) is 0 Å². The van der Waals surface area contributed by atoms with Crippen molar-refractivity contribution in [3.8, 4) is 0 Å². The number of halogens is 3. The molecule has 0 aliphatic heterocycles. The third-order valence-corrected chi connectivity index (χ3v) is 7.37. The maximum absolute atomic E-state index is 3.94. The lowest BCUT2D eigenvalue weighted by molar-refractivity contribution is 0.721. The SMILES string of the molecule is CCCCCc1c2[nH]c3ccc(Br)cc3c2c(Br)c2[nH]c3ccc(Br)cc3c12. The molecule has 5 rings (SSSR count). The lowest BCUT2D eigenvalue weighted by atomic mass is 9.97. The predicted molar refractivity (Wildman–Crippen MR) is 131 cm³/mol. The molecule has 2 N–H and O–H groups in total. The van der Waals surface area contributed by atoms with Crippen molar-refractivity contribution in [2.24, 2.45) is 0 Å². The first kappa shape index (κ1) is 18.7. The van der Waals surface area contributed by atoms with Crippen molar-refractivity contribution >= 4 is 91.4 Å². The smallest absolute Gasteiger partial charge is 0.0620 e. The van der Waals surface area contributed by atoms with Gasteiger partial charge in [-0.1, -0.05) is 51.6 Å². The summed E-state index contributed by atoms with van der Waals surface area (Å²) >= 11 is 11.2. The van der Waals surface area contributed by atoms with Gasteiger partial charge in [0, 0.05) is 41.5 Å². The summed E-state index contributed by atoms with van der Waals surface area (Å²) in [5.74, 6) is 0. The molecule has 2 nitrogen and oxygen atoms in total. The summed E-state index contributed by atoms with van der Waals surface area (Å²) < 4.78 is 3.34. The summed E-state index contributed by atoms with van der Waals surface area (Å²) in [5, 5.41) is 5.12. The topological polar surface area (TPSA) is 31.6 Å². The maximum atomic E-state index is 3.94. The Labute approximate surface area is 188 Å². The third-order valence-electron chi connectivity index (χ3n) is 5.59. The number of rotatable bonds is 4. The molecular weight excluding hydrogens is 544 g/mol. The van der Waals surface area contributed by atoms with Crippen molar-refractivity contribution in [2.45, 2.75) is 32.6 Å². The molecule has 0 atom stereocenters. The van der Waals surface area contributed by atoms with Gasteiger partial charge in [-0.3, -0.25) is 0 Å². The first-order valence-electron chi connectivity index (χ1n) is 9.60.